The van der Waals surface area contributed by atoms with Crippen LogP contribution >= 0.6 is 11.8 Å². The van der Waals surface area contributed by atoms with Gasteiger partial charge in [-0.15, -0.1) is 5.10 Å². The SMILES string of the molecule is CCS[C@H]1CCCC[C@H]1NCc1nnnn1C(C)C. The first kappa shape index (κ1) is 14.8. The van der Waals surface area contributed by atoms with Crippen LogP contribution in [0.15, 0.2) is 0 Å². The van der Waals surface area contributed by atoms with Crippen molar-refractivity contribution in [3.63, 3.8) is 0 Å². The average Bonchev–Trinajstić information content (AvgIpc) is 2.86. The highest BCUT2D eigenvalue weighted by Gasteiger charge is 2.25. The molecule has 1 aromatic heterocycles. The standard InChI is InChI=1S/C13H25N5S/c1-4-19-12-8-6-5-7-11(12)14-9-13-15-16-17-18(13)10(2)3/h10-12,14H,4-9H2,1-3H3/t11-,12+/m1/s1. The van der Waals surface area contributed by atoms with Crippen LogP contribution in [0.4, 0.5) is 0 Å². The lowest BCUT2D eigenvalue weighted by molar-refractivity contribution is 0.372. The second-order valence-electron chi connectivity index (χ2n) is 5.40. The van der Waals surface area contributed by atoms with Gasteiger partial charge < -0.3 is 5.32 Å². The molecule has 1 saturated carbocycles. The van der Waals surface area contributed by atoms with Crippen molar-refractivity contribution in [2.75, 3.05) is 5.75 Å². The Morgan fingerprint density at radius 2 is 2.16 bits per heavy atom. The van der Waals surface area contributed by atoms with E-state index in [2.05, 4.69) is 53.4 Å². The normalized spacial score (nSPS) is 24.0. The summed E-state index contributed by atoms with van der Waals surface area (Å²) in [5.74, 6) is 2.15. The Morgan fingerprint density at radius 3 is 2.89 bits per heavy atom. The molecule has 0 saturated heterocycles. The zero-order valence-electron chi connectivity index (χ0n) is 12.2. The summed E-state index contributed by atoms with van der Waals surface area (Å²) in [6.07, 6.45) is 5.33. The molecule has 2 rings (SSSR count). The van der Waals surface area contributed by atoms with E-state index in [9.17, 15) is 0 Å². The van der Waals surface area contributed by atoms with E-state index >= 15 is 0 Å². The van der Waals surface area contributed by atoms with Crippen LogP contribution in [0.1, 0.15) is 58.3 Å². The van der Waals surface area contributed by atoms with Crippen molar-refractivity contribution in [3.05, 3.63) is 5.82 Å². The molecule has 0 amide bonds. The smallest absolute Gasteiger partial charge is 0.165 e. The molecular formula is C13H25N5S. The van der Waals surface area contributed by atoms with Gasteiger partial charge in [-0.2, -0.15) is 11.8 Å². The van der Waals surface area contributed by atoms with E-state index in [1.54, 1.807) is 0 Å². The zero-order valence-corrected chi connectivity index (χ0v) is 13.0. The van der Waals surface area contributed by atoms with E-state index in [1.807, 2.05) is 4.68 Å². The van der Waals surface area contributed by atoms with Crippen molar-refractivity contribution in [2.24, 2.45) is 0 Å². The van der Waals surface area contributed by atoms with Gasteiger partial charge in [0, 0.05) is 11.3 Å². The van der Waals surface area contributed by atoms with Crippen LogP contribution in [-0.4, -0.2) is 37.3 Å². The summed E-state index contributed by atoms with van der Waals surface area (Å²) in [5.41, 5.74) is 0. The van der Waals surface area contributed by atoms with Crippen LogP contribution in [0.2, 0.25) is 0 Å². The predicted octanol–water partition coefficient (Wildman–Crippen LogP) is 2.41. The molecule has 0 radical (unpaired) electrons. The van der Waals surface area contributed by atoms with Crippen molar-refractivity contribution in [2.45, 2.75) is 70.3 Å². The van der Waals surface area contributed by atoms with Crippen LogP contribution < -0.4 is 5.32 Å². The van der Waals surface area contributed by atoms with E-state index in [0.29, 0.717) is 12.1 Å². The Labute approximate surface area is 119 Å². The van der Waals surface area contributed by atoms with Crippen LogP contribution in [0, 0.1) is 0 Å². The molecule has 1 fully saturated rings. The number of hydrogen-bond acceptors (Lipinski definition) is 5. The number of tetrazole rings is 1. The Bertz CT molecular complexity index is 377. The number of aromatic nitrogens is 4. The lowest BCUT2D eigenvalue weighted by Crippen LogP contribution is -2.40. The summed E-state index contributed by atoms with van der Waals surface area (Å²) in [4.78, 5) is 0. The Hall–Kier alpha value is -0.620. The van der Waals surface area contributed by atoms with Gasteiger partial charge >= 0.3 is 0 Å². The molecule has 0 bridgehead atoms. The van der Waals surface area contributed by atoms with Crippen molar-refractivity contribution < 1.29 is 0 Å². The number of hydrogen-bond donors (Lipinski definition) is 1. The number of nitrogens with one attached hydrogen (secondary N) is 1. The molecule has 0 unspecified atom stereocenters. The van der Waals surface area contributed by atoms with Crippen molar-refractivity contribution in [3.8, 4) is 0 Å². The van der Waals surface area contributed by atoms with E-state index < -0.39 is 0 Å². The van der Waals surface area contributed by atoms with Crippen LogP contribution in [-0.2, 0) is 6.54 Å². The van der Waals surface area contributed by atoms with Gasteiger partial charge in [0.15, 0.2) is 5.82 Å². The third-order valence-electron chi connectivity index (χ3n) is 3.66. The maximum absolute atomic E-state index is 4.13. The second-order valence-corrected chi connectivity index (χ2v) is 6.92. The topological polar surface area (TPSA) is 55.6 Å². The molecule has 1 heterocycles. The minimum Gasteiger partial charge on any atom is -0.306 e. The average molecular weight is 283 g/mol. The van der Waals surface area contributed by atoms with Gasteiger partial charge in [0.1, 0.15) is 0 Å². The monoisotopic (exact) mass is 283 g/mol. The van der Waals surface area contributed by atoms with Crippen LogP contribution in [0.5, 0.6) is 0 Å². The molecule has 0 aliphatic heterocycles. The molecule has 1 aliphatic carbocycles. The summed E-state index contributed by atoms with van der Waals surface area (Å²) in [6, 6.07) is 0.926. The van der Waals surface area contributed by atoms with Gasteiger partial charge in [-0.3, -0.25) is 0 Å². The number of rotatable bonds is 6. The molecule has 1 aromatic rings. The molecule has 0 spiro atoms. The number of nitrogens with zero attached hydrogens (tertiary/aromatic N) is 4. The van der Waals surface area contributed by atoms with Gasteiger partial charge in [0.25, 0.3) is 0 Å². The van der Waals surface area contributed by atoms with E-state index in [-0.39, 0.29) is 0 Å². The molecule has 6 heteroatoms. The first-order valence-corrected chi connectivity index (χ1v) is 8.39. The van der Waals surface area contributed by atoms with Gasteiger partial charge in [0.2, 0.25) is 0 Å². The fraction of sp³-hybridized carbons (Fsp3) is 0.923. The fourth-order valence-corrected chi connectivity index (χ4v) is 3.92. The summed E-state index contributed by atoms with van der Waals surface area (Å²) < 4.78 is 1.90. The minimum absolute atomic E-state index is 0.318. The molecule has 1 aliphatic rings. The first-order chi connectivity index (χ1) is 9.22. The zero-order chi connectivity index (χ0) is 13.7. The molecule has 2 atom stereocenters. The Kier molecular flexibility index (Phi) is 5.63. The second kappa shape index (κ2) is 7.24. The molecular weight excluding hydrogens is 258 g/mol. The molecule has 5 nitrogen and oxygen atoms in total. The lowest BCUT2D eigenvalue weighted by atomic mass is 9.95. The highest BCUT2D eigenvalue weighted by molar-refractivity contribution is 7.99. The largest absolute Gasteiger partial charge is 0.306 e. The Balaban J connectivity index is 1.91. The summed E-state index contributed by atoms with van der Waals surface area (Å²) in [6.45, 7) is 7.23. The van der Waals surface area contributed by atoms with E-state index in [4.69, 9.17) is 0 Å². The quantitative estimate of drug-likeness (QED) is 0.869. The maximum atomic E-state index is 4.13. The van der Waals surface area contributed by atoms with Gasteiger partial charge in [-0.1, -0.05) is 19.8 Å². The third-order valence-corrected chi connectivity index (χ3v) is 4.98. The predicted molar refractivity (Wildman–Crippen MR) is 79.2 cm³/mol. The minimum atomic E-state index is 0.318. The van der Waals surface area contributed by atoms with Gasteiger partial charge in [-0.05, 0) is 42.9 Å². The van der Waals surface area contributed by atoms with E-state index in [1.165, 1.54) is 31.4 Å². The molecule has 1 N–H and O–H groups in total. The molecule has 0 aromatic carbocycles. The van der Waals surface area contributed by atoms with Crippen molar-refractivity contribution in [1.82, 2.24) is 25.5 Å². The third kappa shape index (κ3) is 3.92. The van der Waals surface area contributed by atoms with Crippen molar-refractivity contribution >= 4 is 11.8 Å². The summed E-state index contributed by atoms with van der Waals surface area (Å²) >= 11 is 2.09. The van der Waals surface area contributed by atoms with Gasteiger partial charge in [0.05, 0.1) is 12.6 Å². The maximum Gasteiger partial charge on any atom is 0.165 e. The number of thioether (sulfide) groups is 1. The van der Waals surface area contributed by atoms with Crippen molar-refractivity contribution in [1.29, 1.82) is 0 Å². The summed E-state index contributed by atoms with van der Waals surface area (Å²) in [7, 11) is 0. The Morgan fingerprint density at radius 1 is 1.37 bits per heavy atom. The lowest BCUT2D eigenvalue weighted by Gasteiger charge is -2.31. The summed E-state index contributed by atoms with van der Waals surface area (Å²) in [5, 5.41) is 16.4. The fourth-order valence-electron chi connectivity index (χ4n) is 2.70. The molecule has 108 valence electrons. The highest BCUT2D eigenvalue weighted by Crippen LogP contribution is 2.28. The van der Waals surface area contributed by atoms with E-state index in [0.717, 1.165) is 17.6 Å². The highest BCUT2D eigenvalue weighted by atomic mass is 32.2. The van der Waals surface area contributed by atoms with Crippen LogP contribution in [0.25, 0.3) is 0 Å². The first-order valence-electron chi connectivity index (χ1n) is 7.34. The van der Waals surface area contributed by atoms with Gasteiger partial charge in [-0.25, -0.2) is 4.68 Å². The molecule has 19 heavy (non-hydrogen) atoms. The van der Waals surface area contributed by atoms with Crippen LogP contribution in [0.3, 0.4) is 0 Å².